The molecular weight excluding hydrogens is 548 g/mol. The molecule has 0 heterocycles. The molecule has 0 rings (SSSR count). The van der Waals surface area contributed by atoms with Gasteiger partial charge in [-0.25, -0.2) is 4.79 Å². The molecule has 0 aromatic rings. The number of hydrogen-bond acceptors (Lipinski definition) is 10. The van der Waals surface area contributed by atoms with Crippen molar-refractivity contribution in [3.8, 4) is 0 Å². The molecule has 0 aliphatic heterocycles. The zero-order chi connectivity index (χ0) is 31.9. The van der Waals surface area contributed by atoms with Crippen LogP contribution in [0.5, 0.6) is 0 Å². The number of aliphatic imine (C=N–C) groups is 1. The Labute approximate surface area is 235 Å². The number of carboxylic acids is 1. The highest BCUT2D eigenvalue weighted by atomic mass is 16.4. The molecule has 6 amide bonds. The summed E-state index contributed by atoms with van der Waals surface area (Å²) in [6.07, 6.45) is -2.87. The van der Waals surface area contributed by atoms with Gasteiger partial charge in [0.05, 0.1) is 18.6 Å². The van der Waals surface area contributed by atoms with E-state index in [1.165, 1.54) is 6.92 Å². The SMILES string of the molecule is C[C@H](N)C(=O)N[C@@H](CCCN=C(N)N)C(=O)N[C@@H](CC(N)=O)C(=O)N[C@@H](CCC(N)=O)C(=O)N[C@H](C(=O)O)[C@@H](C)O. The van der Waals surface area contributed by atoms with Crippen molar-refractivity contribution in [1.29, 1.82) is 0 Å². The first kappa shape index (κ1) is 36.5. The van der Waals surface area contributed by atoms with Gasteiger partial charge in [-0.1, -0.05) is 0 Å². The zero-order valence-corrected chi connectivity index (χ0v) is 22.8. The first-order chi connectivity index (χ1) is 19.0. The number of primary amides is 2. The molecule has 0 aromatic carbocycles. The number of aliphatic hydroxyl groups excluding tert-OH is 1. The van der Waals surface area contributed by atoms with Crippen LogP contribution in [0.4, 0.5) is 0 Å². The van der Waals surface area contributed by atoms with E-state index in [1.54, 1.807) is 0 Å². The van der Waals surface area contributed by atoms with Gasteiger partial charge >= 0.3 is 5.97 Å². The second-order valence-corrected chi connectivity index (χ2v) is 9.16. The standard InChI is InChI=1S/C22H40N10O9/c1-9(23)17(36)29-11(4-3-7-28-22(26)27)18(37)31-13(8-15(25)35)20(39)30-12(5-6-14(24)34)19(38)32-16(10(2)33)21(40)41/h9-13,16,33H,3-8,23H2,1-2H3,(H2,24,34)(H2,25,35)(H,29,36)(H,30,39)(H,31,37)(H,32,38)(H,40,41)(H4,26,27,28)/t9-,10+,11-,12-,13-,16-/m0/s1. The van der Waals surface area contributed by atoms with Crippen LogP contribution in [0, 0.1) is 0 Å². The lowest BCUT2D eigenvalue weighted by molar-refractivity contribution is -0.145. The number of nitrogens with one attached hydrogen (secondary N) is 4. The van der Waals surface area contributed by atoms with E-state index in [1.807, 2.05) is 5.32 Å². The predicted octanol–water partition coefficient (Wildman–Crippen LogP) is -6.07. The summed E-state index contributed by atoms with van der Waals surface area (Å²) in [6.45, 7) is 2.58. The van der Waals surface area contributed by atoms with Crippen LogP contribution >= 0.6 is 0 Å². The van der Waals surface area contributed by atoms with Gasteiger partial charge in [0.25, 0.3) is 0 Å². The van der Waals surface area contributed by atoms with Crippen molar-refractivity contribution in [3.05, 3.63) is 0 Å². The van der Waals surface area contributed by atoms with E-state index in [-0.39, 0.29) is 25.3 Å². The summed E-state index contributed by atoms with van der Waals surface area (Å²) in [5.74, 6) is -7.46. The van der Waals surface area contributed by atoms with E-state index in [4.69, 9.17) is 28.7 Å². The molecule has 232 valence electrons. The van der Waals surface area contributed by atoms with E-state index in [2.05, 4.69) is 20.9 Å². The van der Waals surface area contributed by atoms with E-state index in [0.717, 1.165) is 6.92 Å². The Morgan fingerprint density at radius 1 is 0.732 bits per heavy atom. The van der Waals surface area contributed by atoms with Crippen molar-refractivity contribution in [1.82, 2.24) is 21.3 Å². The Bertz CT molecular complexity index is 998. The van der Waals surface area contributed by atoms with Crippen molar-refractivity contribution in [2.24, 2.45) is 33.7 Å². The van der Waals surface area contributed by atoms with Gasteiger partial charge in [0.15, 0.2) is 12.0 Å². The summed E-state index contributed by atoms with van der Waals surface area (Å²) >= 11 is 0. The van der Waals surface area contributed by atoms with Crippen LogP contribution in [0.3, 0.4) is 0 Å². The molecule has 0 aliphatic rings. The molecule has 0 saturated heterocycles. The molecule has 0 aliphatic carbocycles. The van der Waals surface area contributed by atoms with Gasteiger partial charge in [-0.2, -0.15) is 0 Å². The van der Waals surface area contributed by atoms with Crippen LogP contribution in [0.1, 0.15) is 46.0 Å². The molecule has 41 heavy (non-hydrogen) atoms. The lowest BCUT2D eigenvalue weighted by Crippen LogP contribution is -2.59. The minimum absolute atomic E-state index is 0.00839. The Hall–Kier alpha value is -4.52. The highest BCUT2D eigenvalue weighted by Crippen LogP contribution is 2.05. The summed E-state index contributed by atoms with van der Waals surface area (Å²) in [4.78, 5) is 89.1. The maximum absolute atomic E-state index is 13.1. The molecule has 16 N–H and O–H groups in total. The normalized spacial score (nSPS) is 15.0. The molecule has 6 atom stereocenters. The topological polar surface area (TPSA) is 351 Å². The molecule has 0 aromatic heterocycles. The summed E-state index contributed by atoms with van der Waals surface area (Å²) < 4.78 is 0. The fraction of sp³-hybridized carbons (Fsp3) is 0.636. The highest BCUT2D eigenvalue weighted by molar-refractivity contribution is 5.97. The van der Waals surface area contributed by atoms with E-state index < -0.39 is 97.0 Å². The fourth-order valence-corrected chi connectivity index (χ4v) is 3.23. The van der Waals surface area contributed by atoms with Gasteiger partial charge in [-0.15, -0.1) is 0 Å². The molecule has 0 bridgehead atoms. The zero-order valence-electron chi connectivity index (χ0n) is 22.8. The third-order valence-corrected chi connectivity index (χ3v) is 5.39. The Morgan fingerprint density at radius 2 is 1.22 bits per heavy atom. The van der Waals surface area contributed by atoms with Crippen LogP contribution < -0.4 is 49.9 Å². The summed E-state index contributed by atoms with van der Waals surface area (Å²) in [7, 11) is 0. The second kappa shape index (κ2) is 17.9. The summed E-state index contributed by atoms with van der Waals surface area (Å²) in [5, 5.41) is 27.8. The number of guanidine groups is 1. The Balaban J connectivity index is 5.91. The molecule has 0 spiro atoms. The number of carbonyl (C=O) groups excluding carboxylic acids is 6. The Kier molecular flexibility index (Phi) is 16.0. The number of carboxylic acid groups (broad SMARTS) is 1. The molecule has 0 unspecified atom stereocenters. The van der Waals surface area contributed by atoms with Crippen molar-refractivity contribution < 1.29 is 43.8 Å². The molecule has 19 heteroatoms. The lowest BCUT2D eigenvalue weighted by atomic mass is 10.1. The van der Waals surface area contributed by atoms with E-state index >= 15 is 0 Å². The Morgan fingerprint density at radius 3 is 1.68 bits per heavy atom. The van der Waals surface area contributed by atoms with Gasteiger partial charge < -0.3 is 60.1 Å². The second-order valence-electron chi connectivity index (χ2n) is 9.16. The van der Waals surface area contributed by atoms with Crippen LogP contribution in [0.2, 0.25) is 0 Å². The minimum Gasteiger partial charge on any atom is -0.480 e. The predicted molar refractivity (Wildman–Crippen MR) is 143 cm³/mol. The number of hydrogen-bond donors (Lipinski definition) is 11. The first-order valence-corrected chi connectivity index (χ1v) is 12.5. The molecular formula is C22H40N10O9. The molecule has 0 saturated carbocycles. The van der Waals surface area contributed by atoms with Crippen molar-refractivity contribution in [2.75, 3.05) is 6.54 Å². The number of nitrogens with two attached hydrogens (primary N) is 5. The first-order valence-electron chi connectivity index (χ1n) is 12.5. The third kappa shape index (κ3) is 15.0. The summed E-state index contributed by atoms with van der Waals surface area (Å²) in [6, 6.07) is -7.24. The number of carbonyl (C=O) groups is 7. The fourth-order valence-electron chi connectivity index (χ4n) is 3.23. The van der Waals surface area contributed by atoms with Gasteiger partial charge in [0.2, 0.25) is 35.4 Å². The molecule has 0 fully saturated rings. The largest absolute Gasteiger partial charge is 0.480 e. The molecule has 0 radical (unpaired) electrons. The van der Waals surface area contributed by atoms with Crippen LogP contribution in [0.15, 0.2) is 4.99 Å². The van der Waals surface area contributed by atoms with Crippen LogP contribution in [-0.4, -0.2) is 100 Å². The molecule has 19 nitrogen and oxygen atoms in total. The lowest BCUT2D eigenvalue weighted by Gasteiger charge is -2.26. The van der Waals surface area contributed by atoms with Gasteiger partial charge in [0, 0.05) is 13.0 Å². The van der Waals surface area contributed by atoms with E-state index in [0.29, 0.717) is 0 Å². The number of aliphatic hydroxyl groups is 1. The highest BCUT2D eigenvalue weighted by Gasteiger charge is 2.33. The number of nitrogens with zero attached hydrogens (tertiary/aromatic N) is 1. The van der Waals surface area contributed by atoms with Gasteiger partial charge in [0.1, 0.15) is 18.1 Å². The quantitative estimate of drug-likeness (QED) is 0.0381. The average Bonchev–Trinajstić information content (AvgIpc) is 2.84. The number of amides is 6. The van der Waals surface area contributed by atoms with Crippen molar-refractivity contribution >= 4 is 47.4 Å². The van der Waals surface area contributed by atoms with E-state index in [9.17, 15) is 43.8 Å². The maximum Gasteiger partial charge on any atom is 0.328 e. The average molecular weight is 589 g/mol. The third-order valence-electron chi connectivity index (χ3n) is 5.39. The smallest absolute Gasteiger partial charge is 0.328 e. The van der Waals surface area contributed by atoms with Crippen LogP contribution in [-0.2, 0) is 33.6 Å². The number of rotatable bonds is 19. The van der Waals surface area contributed by atoms with Crippen molar-refractivity contribution in [2.45, 2.75) is 82.3 Å². The monoisotopic (exact) mass is 588 g/mol. The summed E-state index contributed by atoms with van der Waals surface area (Å²) in [5.41, 5.74) is 26.4. The van der Waals surface area contributed by atoms with Gasteiger partial charge in [-0.05, 0) is 33.1 Å². The number of aliphatic carboxylic acids is 1. The minimum atomic E-state index is -1.76. The van der Waals surface area contributed by atoms with Crippen molar-refractivity contribution in [3.63, 3.8) is 0 Å². The van der Waals surface area contributed by atoms with Gasteiger partial charge in [-0.3, -0.25) is 33.8 Å². The maximum atomic E-state index is 13.1. The van der Waals surface area contributed by atoms with Crippen LogP contribution in [0.25, 0.3) is 0 Å².